The summed E-state index contributed by atoms with van der Waals surface area (Å²) in [5, 5.41) is 5.29. The first-order valence-electron chi connectivity index (χ1n) is 17.3. The molecule has 0 amide bonds. The van der Waals surface area contributed by atoms with Crippen molar-refractivity contribution in [3.8, 4) is 0 Å². The summed E-state index contributed by atoms with van der Waals surface area (Å²) in [5.41, 5.74) is 11.3. The lowest BCUT2D eigenvalue weighted by Gasteiger charge is -2.62. The maximum atomic E-state index is 2.40. The van der Waals surface area contributed by atoms with E-state index in [2.05, 4.69) is 200 Å². The third kappa shape index (κ3) is 3.58. The van der Waals surface area contributed by atoms with E-state index in [1.165, 1.54) is 71.6 Å². The highest BCUT2D eigenvalue weighted by atomic mass is 14.7. The zero-order valence-electron chi connectivity index (χ0n) is 27.1. The number of allylic oxidation sites excluding steroid dienone is 2. The fourth-order valence-corrected chi connectivity index (χ4v) is 9.92. The van der Waals surface area contributed by atoms with Crippen LogP contribution in [-0.2, 0) is 10.8 Å². The second kappa shape index (κ2) is 10.8. The minimum Gasteiger partial charge on any atom is -0.0622 e. The van der Waals surface area contributed by atoms with Gasteiger partial charge in [-0.25, -0.2) is 0 Å². The Labute approximate surface area is 287 Å². The standard InChI is InChI=1S/C49H34/c1-6-20-34(21-7-1)44-43-41-32-18-16-30-39(41)40-31-17-19-33-42(40)47(43)49(38-28-14-5-15-29-38)46(36-24-10-3-11-25-36)45(35-22-8-2-9-23-35)48(44,49)37-26-12-4-13-27-37/h1-33,44H/t44-,48+,49+/m1/s1. The topological polar surface area (TPSA) is 0 Å². The van der Waals surface area contributed by atoms with Crippen LogP contribution < -0.4 is 0 Å². The minimum absolute atomic E-state index is 0.0310. The zero-order chi connectivity index (χ0) is 32.4. The lowest BCUT2D eigenvalue weighted by Crippen LogP contribution is -2.58. The Bertz CT molecular complexity index is 2520. The first-order valence-corrected chi connectivity index (χ1v) is 17.3. The van der Waals surface area contributed by atoms with Crippen molar-refractivity contribution < 1.29 is 0 Å². The van der Waals surface area contributed by atoms with Crippen LogP contribution in [0.5, 0.6) is 0 Å². The van der Waals surface area contributed by atoms with Crippen molar-refractivity contribution >= 4 is 32.7 Å². The quantitative estimate of drug-likeness (QED) is 0.168. The van der Waals surface area contributed by atoms with Gasteiger partial charge in [0.1, 0.15) is 0 Å². The first kappa shape index (κ1) is 28.1. The van der Waals surface area contributed by atoms with Crippen LogP contribution in [-0.4, -0.2) is 0 Å². The molecule has 0 N–H and O–H groups in total. The SMILES string of the molecule is c1ccc(C2=C(c3ccccc3)[C@]3(c4ccccc4)[C@H](c4ccccc4)c4c(c5ccccc5c5ccccc45)[C@]23c2ccccc2)cc1. The first-order chi connectivity index (χ1) is 24.4. The molecule has 0 aliphatic heterocycles. The van der Waals surface area contributed by atoms with Crippen LogP contribution in [0.25, 0.3) is 32.7 Å². The molecule has 8 aromatic rings. The molecule has 8 aromatic carbocycles. The molecule has 2 aliphatic carbocycles. The molecule has 0 heteroatoms. The van der Waals surface area contributed by atoms with Crippen LogP contribution in [0.15, 0.2) is 200 Å². The predicted octanol–water partition coefficient (Wildman–Crippen LogP) is 12.0. The van der Waals surface area contributed by atoms with Crippen molar-refractivity contribution in [3.63, 3.8) is 0 Å². The maximum absolute atomic E-state index is 2.40. The largest absolute Gasteiger partial charge is 0.0622 e. The summed E-state index contributed by atoms with van der Waals surface area (Å²) in [5.74, 6) is 0.0310. The molecule has 10 rings (SSSR count). The summed E-state index contributed by atoms with van der Waals surface area (Å²) < 4.78 is 0. The average Bonchev–Trinajstić information content (AvgIpc) is 3.41. The van der Waals surface area contributed by atoms with Crippen molar-refractivity contribution in [2.24, 2.45) is 0 Å². The Morgan fingerprint density at radius 1 is 0.327 bits per heavy atom. The molecule has 0 spiro atoms. The molecule has 3 atom stereocenters. The Morgan fingerprint density at radius 2 is 0.735 bits per heavy atom. The van der Waals surface area contributed by atoms with Crippen LogP contribution in [0.4, 0.5) is 0 Å². The molecular formula is C49H34. The van der Waals surface area contributed by atoms with E-state index >= 15 is 0 Å². The van der Waals surface area contributed by atoms with Crippen molar-refractivity contribution in [2.75, 3.05) is 0 Å². The smallest absolute Gasteiger partial charge is 0.0616 e. The van der Waals surface area contributed by atoms with Crippen LogP contribution in [0, 0.1) is 0 Å². The second-order valence-electron chi connectivity index (χ2n) is 13.5. The highest BCUT2D eigenvalue weighted by Gasteiger charge is 2.75. The van der Waals surface area contributed by atoms with Gasteiger partial charge in [0.25, 0.3) is 0 Å². The second-order valence-corrected chi connectivity index (χ2v) is 13.5. The minimum atomic E-state index is -0.512. The highest BCUT2D eigenvalue weighted by molar-refractivity contribution is 6.21. The summed E-state index contributed by atoms with van der Waals surface area (Å²) >= 11 is 0. The van der Waals surface area contributed by atoms with Gasteiger partial charge in [0, 0.05) is 11.3 Å². The van der Waals surface area contributed by atoms with Gasteiger partial charge in [-0.05, 0) is 71.6 Å². The molecule has 2 aliphatic rings. The molecule has 0 saturated heterocycles. The Morgan fingerprint density at radius 3 is 1.31 bits per heavy atom. The third-order valence-electron chi connectivity index (χ3n) is 11.4. The van der Waals surface area contributed by atoms with E-state index < -0.39 is 10.8 Å². The summed E-state index contributed by atoms with van der Waals surface area (Å²) in [6, 6.07) is 74.9. The lowest BCUT2D eigenvalue weighted by atomic mass is 9.38. The van der Waals surface area contributed by atoms with E-state index in [-0.39, 0.29) is 5.92 Å². The molecule has 0 aromatic heterocycles. The Balaban J connectivity index is 1.55. The van der Waals surface area contributed by atoms with Crippen molar-refractivity contribution in [3.05, 3.63) is 239 Å². The van der Waals surface area contributed by atoms with Gasteiger partial charge in [-0.3, -0.25) is 0 Å². The van der Waals surface area contributed by atoms with Gasteiger partial charge in [0.05, 0.1) is 5.41 Å². The van der Waals surface area contributed by atoms with E-state index in [4.69, 9.17) is 0 Å². The molecule has 49 heavy (non-hydrogen) atoms. The zero-order valence-corrected chi connectivity index (χ0v) is 27.1. The molecule has 0 saturated carbocycles. The normalized spacial score (nSPS) is 20.9. The molecule has 0 heterocycles. The van der Waals surface area contributed by atoms with Crippen LogP contribution in [0.3, 0.4) is 0 Å². The van der Waals surface area contributed by atoms with Gasteiger partial charge in [0.2, 0.25) is 0 Å². The summed E-state index contributed by atoms with van der Waals surface area (Å²) in [6.45, 7) is 0. The van der Waals surface area contributed by atoms with E-state index in [0.29, 0.717) is 0 Å². The summed E-state index contributed by atoms with van der Waals surface area (Å²) in [4.78, 5) is 0. The van der Waals surface area contributed by atoms with Gasteiger partial charge in [-0.15, -0.1) is 0 Å². The van der Waals surface area contributed by atoms with E-state index in [0.717, 1.165) is 0 Å². The Hall–Kier alpha value is -5.98. The van der Waals surface area contributed by atoms with Gasteiger partial charge >= 0.3 is 0 Å². The van der Waals surface area contributed by atoms with Crippen LogP contribution in [0.1, 0.15) is 44.9 Å². The van der Waals surface area contributed by atoms with E-state index in [1.807, 2.05) is 0 Å². The number of hydrogen-bond acceptors (Lipinski definition) is 0. The van der Waals surface area contributed by atoms with Crippen LogP contribution >= 0.6 is 0 Å². The number of hydrogen-bond donors (Lipinski definition) is 0. The van der Waals surface area contributed by atoms with Crippen molar-refractivity contribution in [2.45, 2.75) is 16.7 Å². The highest BCUT2D eigenvalue weighted by Crippen LogP contribution is 2.81. The fraction of sp³-hybridized carbons (Fsp3) is 0.0612. The maximum Gasteiger partial charge on any atom is 0.0616 e. The lowest BCUT2D eigenvalue weighted by molar-refractivity contribution is 0.376. The van der Waals surface area contributed by atoms with Gasteiger partial charge in [-0.1, -0.05) is 200 Å². The molecule has 0 bridgehead atoms. The van der Waals surface area contributed by atoms with E-state index in [9.17, 15) is 0 Å². The molecular weight excluding hydrogens is 589 g/mol. The van der Waals surface area contributed by atoms with Gasteiger partial charge in [-0.2, -0.15) is 0 Å². The van der Waals surface area contributed by atoms with Crippen LogP contribution in [0.2, 0.25) is 0 Å². The van der Waals surface area contributed by atoms with Crippen molar-refractivity contribution in [1.82, 2.24) is 0 Å². The number of rotatable bonds is 5. The predicted molar refractivity (Wildman–Crippen MR) is 205 cm³/mol. The monoisotopic (exact) mass is 622 g/mol. The van der Waals surface area contributed by atoms with E-state index in [1.54, 1.807) is 0 Å². The fourth-order valence-electron chi connectivity index (χ4n) is 9.92. The molecule has 0 fully saturated rings. The third-order valence-corrected chi connectivity index (χ3v) is 11.4. The molecule has 0 nitrogen and oxygen atoms in total. The Kier molecular flexibility index (Phi) is 6.17. The summed E-state index contributed by atoms with van der Waals surface area (Å²) in [6.07, 6.45) is 0. The summed E-state index contributed by atoms with van der Waals surface area (Å²) in [7, 11) is 0. The van der Waals surface area contributed by atoms with Gasteiger partial charge < -0.3 is 0 Å². The van der Waals surface area contributed by atoms with Crippen molar-refractivity contribution in [1.29, 1.82) is 0 Å². The molecule has 0 unspecified atom stereocenters. The molecule has 0 radical (unpaired) electrons. The van der Waals surface area contributed by atoms with Gasteiger partial charge in [0.15, 0.2) is 0 Å². The molecule has 230 valence electrons. The average molecular weight is 623 g/mol. The number of fused-ring (bicyclic) bond motifs is 8. The number of benzene rings is 8.